The zero-order chi connectivity index (χ0) is 17.1. The molecule has 2 aliphatic rings. The average Bonchev–Trinajstić information content (AvgIpc) is 2.95. The number of halogens is 1. The minimum absolute atomic E-state index is 0.107. The predicted octanol–water partition coefficient (Wildman–Crippen LogP) is 1.05. The van der Waals surface area contributed by atoms with E-state index in [0.717, 1.165) is 18.4 Å². The van der Waals surface area contributed by atoms with Crippen LogP contribution in [0.1, 0.15) is 35.9 Å². The second kappa shape index (κ2) is 5.55. The smallest absolute Gasteiger partial charge is 0.284 e. The zero-order valence-corrected chi connectivity index (χ0v) is 14.7. The monoisotopic (exact) mass is 371 g/mol. The van der Waals surface area contributed by atoms with Crippen LogP contribution in [-0.2, 0) is 17.1 Å². The van der Waals surface area contributed by atoms with Crippen LogP contribution in [-0.4, -0.2) is 46.8 Å². The molecule has 0 unspecified atom stereocenters. The molecular weight excluding hydrogens is 354 g/mol. The first-order valence-corrected chi connectivity index (χ1v) is 9.59. The first kappa shape index (κ1) is 16.1. The molecule has 0 radical (unpaired) electrons. The van der Waals surface area contributed by atoms with Crippen LogP contribution in [0.15, 0.2) is 22.0 Å². The van der Waals surface area contributed by atoms with Crippen LogP contribution in [0.3, 0.4) is 0 Å². The van der Waals surface area contributed by atoms with E-state index in [-0.39, 0.29) is 41.1 Å². The first-order chi connectivity index (χ1) is 11.4. The lowest BCUT2D eigenvalue weighted by molar-refractivity contribution is 0.323. The lowest BCUT2D eigenvalue weighted by Crippen LogP contribution is -2.32. The molecule has 0 bridgehead atoms. The summed E-state index contributed by atoms with van der Waals surface area (Å²) in [5.74, 6) is 0.104. The molecule has 2 aromatic rings. The summed E-state index contributed by atoms with van der Waals surface area (Å²) in [6.45, 7) is 0.475. The maximum atomic E-state index is 12.9. The maximum absolute atomic E-state index is 12.9. The molecule has 10 heteroatoms. The number of aromatic nitrogens is 3. The van der Waals surface area contributed by atoms with Gasteiger partial charge < -0.3 is 10.3 Å². The normalized spacial score (nSPS) is 25.5. The Bertz CT molecular complexity index is 873. The van der Waals surface area contributed by atoms with E-state index in [4.69, 9.17) is 21.9 Å². The van der Waals surface area contributed by atoms with Gasteiger partial charge in [-0.05, 0) is 18.4 Å². The van der Waals surface area contributed by atoms with Crippen molar-refractivity contribution in [2.45, 2.75) is 35.8 Å². The molecule has 2 fully saturated rings. The van der Waals surface area contributed by atoms with E-state index < -0.39 is 10.0 Å². The Hall–Kier alpha value is -1.42. The molecule has 1 saturated carbocycles. The Balaban J connectivity index is 1.61. The summed E-state index contributed by atoms with van der Waals surface area (Å²) in [6, 6.07) is -0.312. The summed E-state index contributed by atoms with van der Waals surface area (Å²) in [5.41, 5.74) is 7.63. The third-order valence-corrected chi connectivity index (χ3v) is 6.86. The first-order valence-electron chi connectivity index (χ1n) is 7.77. The van der Waals surface area contributed by atoms with Gasteiger partial charge in [0.2, 0.25) is 0 Å². The fourth-order valence-corrected chi connectivity index (χ4v) is 5.07. The van der Waals surface area contributed by atoms with E-state index in [2.05, 4.69) is 10.3 Å². The Kier molecular flexibility index (Phi) is 3.72. The Morgan fingerprint density at radius 1 is 1.38 bits per heavy atom. The second-order valence-corrected chi connectivity index (χ2v) is 8.70. The minimum Gasteiger partial charge on any atom is -0.341 e. The van der Waals surface area contributed by atoms with Crippen LogP contribution in [0, 0.1) is 0 Å². The third kappa shape index (κ3) is 2.55. The average molecular weight is 372 g/mol. The van der Waals surface area contributed by atoms with E-state index in [1.165, 1.54) is 4.31 Å². The molecule has 2 aromatic heterocycles. The summed E-state index contributed by atoms with van der Waals surface area (Å²) in [5, 5.41) is 7.82. The molecule has 24 heavy (non-hydrogen) atoms. The molecular formula is C14H18ClN5O3S. The van der Waals surface area contributed by atoms with Crippen molar-refractivity contribution < 1.29 is 12.9 Å². The number of aryl methyl sites for hydroxylation is 1. The number of hydrogen-bond acceptors (Lipinski definition) is 6. The molecule has 0 aromatic carbocycles. The van der Waals surface area contributed by atoms with Gasteiger partial charge in [-0.2, -0.15) is 9.40 Å². The molecule has 3 heterocycles. The van der Waals surface area contributed by atoms with Gasteiger partial charge in [0.1, 0.15) is 10.7 Å². The fraction of sp³-hybridized carbons (Fsp3) is 0.571. The van der Waals surface area contributed by atoms with Crippen LogP contribution >= 0.6 is 11.6 Å². The van der Waals surface area contributed by atoms with E-state index >= 15 is 0 Å². The van der Waals surface area contributed by atoms with Crippen molar-refractivity contribution in [1.29, 1.82) is 0 Å². The summed E-state index contributed by atoms with van der Waals surface area (Å²) >= 11 is 6.21. The van der Waals surface area contributed by atoms with Gasteiger partial charge >= 0.3 is 0 Å². The van der Waals surface area contributed by atoms with Gasteiger partial charge in [-0.3, -0.25) is 4.68 Å². The molecule has 2 N–H and O–H groups in total. The summed E-state index contributed by atoms with van der Waals surface area (Å²) in [6.07, 6.45) is 5.49. The number of nitrogens with zero attached hydrogens (tertiary/aromatic N) is 4. The number of sulfonamides is 1. The molecule has 0 spiro atoms. The fourth-order valence-electron chi connectivity index (χ4n) is 3.14. The number of rotatable bonds is 4. The number of hydrogen-bond donors (Lipinski definition) is 1. The highest BCUT2D eigenvalue weighted by Crippen LogP contribution is 2.45. The van der Waals surface area contributed by atoms with E-state index in [9.17, 15) is 8.42 Å². The highest BCUT2D eigenvalue weighted by molar-refractivity contribution is 7.89. The zero-order valence-electron chi connectivity index (χ0n) is 13.1. The van der Waals surface area contributed by atoms with Crippen molar-refractivity contribution in [3.05, 3.63) is 28.7 Å². The van der Waals surface area contributed by atoms with Crippen molar-refractivity contribution in [2.75, 3.05) is 13.1 Å². The summed E-state index contributed by atoms with van der Waals surface area (Å²) in [7, 11) is -2.04. The molecule has 2 atom stereocenters. The highest BCUT2D eigenvalue weighted by atomic mass is 35.5. The third-order valence-electron chi connectivity index (χ3n) is 4.65. The lowest BCUT2D eigenvalue weighted by atomic mass is 9.98. The molecule has 8 nitrogen and oxygen atoms in total. The van der Waals surface area contributed by atoms with Crippen molar-refractivity contribution in [3.8, 4) is 0 Å². The molecule has 1 aliphatic carbocycles. The number of nitrogens with two attached hydrogens (primary N) is 1. The van der Waals surface area contributed by atoms with Crippen LogP contribution in [0.4, 0.5) is 0 Å². The Morgan fingerprint density at radius 3 is 2.75 bits per heavy atom. The van der Waals surface area contributed by atoms with E-state index in [1.807, 2.05) is 13.2 Å². The molecule has 1 aliphatic heterocycles. The van der Waals surface area contributed by atoms with Crippen LogP contribution in [0.5, 0.6) is 0 Å². The van der Waals surface area contributed by atoms with Crippen molar-refractivity contribution in [3.63, 3.8) is 0 Å². The summed E-state index contributed by atoms with van der Waals surface area (Å²) in [4.78, 5) is 0. The standard InChI is InChI=1S/C14H18ClN5O3S/c1-19-5-9(4-17-19)10-6-20(7-11(10)16)24(21,22)14-12(15)13(18-23-14)8-2-3-8/h4-5,8,10-11H,2-3,6-7,16H2,1H3/t10-,11+/m0/s1. The van der Waals surface area contributed by atoms with E-state index in [0.29, 0.717) is 5.69 Å². The quantitative estimate of drug-likeness (QED) is 0.860. The Labute approximate surface area is 144 Å². The largest absolute Gasteiger partial charge is 0.341 e. The molecule has 130 valence electrons. The van der Waals surface area contributed by atoms with Crippen LogP contribution in [0.2, 0.25) is 5.02 Å². The van der Waals surface area contributed by atoms with Gasteiger partial charge in [0.15, 0.2) is 0 Å². The van der Waals surface area contributed by atoms with Gasteiger partial charge in [-0.15, -0.1) is 0 Å². The van der Waals surface area contributed by atoms with Gasteiger partial charge in [0.05, 0.1) is 6.20 Å². The second-order valence-electron chi connectivity index (χ2n) is 6.48. The molecule has 0 amide bonds. The minimum atomic E-state index is -3.86. The van der Waals surface area contributed by atoms with Gasteiger partial charge in [-0.25, -0.2) is 8.42 Å². The predicted molar refractivity (Wildman–Crippen MR) is 86.2 cm³/mol. The van der Waals surface area contributed by atoms with Gasteiger partial charge in [0, 0.05) is 44.2 Å². The van der Waals surface area contributed by atoms with Crippen LogP contribution in [0.25, 0.3) is 0 Å². The maximum Gasteiger partial charge on any atom is 0.284 e. The highest BCUT2D eigenvalue weighted by Gasteiger charge is 2.43. The van der Waals surface area contributed by atoms with Crippen molar-refractivity contribution in [2.24, 2.45) is 12.8 Å². The van der Waals surface area contributed by atoms with Crippen molar-refractivity contribution in [1.82, 2.24) is 19.2 Å². The molecule has 4 rings (SSSR count). The molecule has 1 saturated heterocycles. The SMILES string of the molecule is Cn1cc([C@@H]2CN(S(=O)(=O)c3onc(C4CC4)c3Cl)C[C@H]2N)cn1. The van der Waals surface area contributed by atoms with E-state index in [1.54, 1.807) is 10.9 Å². The Morgan fingerprint density at radius 2 is 2.12 bits per heavy atom. The lowest BCUT2D eigenvalue weighted by Gasteiger charge is -2.13. The van der Waals surface area contributed by atoms with Crippen molar-refractivity contribution >= 4 is 21.6 Å². The van der Waals surface area contributed by atoms with Crippen LogP contribution < -0.4 is 5.73 Å². The summed E-state index contributed by atoms with van der Waals surface area (Å²) < 4.78 is 33.8. The van der Waals surface area contributed by atoms with Gasteiger partial charge in [-0.1, -0.05) is 16.8 Å². The topological polar surface area (TPSA) is 107 Å². The van der Waals surface area contributed by atoms with Gasteiger partial charge in [0.25, 0.3) is 15.1 Å².